The summed E-state index contributed by atoms with van der Waals surface area (Å²) in [5.74, 6) is 1.28. The lowest BCUT2D eigenvalue weighted by molar-refractivity contribution is -0.128. The predicted octanol–water partition coefficient (Wildman–Crippen LogP) is 6.87. The molecule has 0 radical (unpaired) electrons. The molecule has 0 aliphatic heterocycles. The van der Waals surface area contributed by atoms with Crippen molar-refractivity contribution in [1.82, 2.24) is 0 Å². The van der Waals surface area contributed by atoms with Crippen LogP contribution in [-0.4, -0.2) is 13.1 Å². The Bertz CT molecular complexity index is 1260. The van der Waals surface area contributed by atoms with Gasteiger partial charge in [-0.1, -0.05) is 78.4 Å². The van der Waals surface area contributed by atoms with E-state index in [1.807, 2.05) is 60.7 Å². The van der Waals surface area contributed by atoms with Gasteiger partial charge in [-0.15, -0.1) is 0 Å². The van der Waals surface area contributed by atoms with Crippen LogP contribution in [0.15, 0.2) is 103 Å². The van der Waals surface area contributed by atoms with Gasteiger partial charge in [-0.25, -0.2) is 4.79 Å². The summed E-state index contributed by atoms with van der Waals surface area (Å²) in [4.78, 5) is 12.3. The molecule has 0 amide bonds. The van der Waals surface area contributed by atoms with E-state index in [0.717, 1.165) is 22.3 Å². The summed E-state index contributed by atoms with van der Waals surface area (Å²) >= 11 is 0. The summed E-state index contributed by atoms with van der Waals surface area (Å²) < 4.78 is 16.8. The lowest BCUT2D eigenvalue weighted by atomic mass is 10.0. The van der Waals surface area contributed by atoms with Gasteiger partial charge in [0.25, 0.3) is 0 Å². The van der Waals surface area contributed by atoms with Gasteiger partial charge in [-0.05, 0) is 59.5 Å². The van der Waals surface area contributed by atoms with Gasteiger partial charge in [0, 0.05) is 6.08 Å². The molecule has 0 spiro atoms. The highest BCUT2D eigenvalue weighted by Gasteiger charge is 2.07. The number of hydrogen-bond acceptors (Lipinski definition) is 4. The molecule has 4 nitrogen and oxygen atoms in total. The Morgan fingerprint density at radius 1 is 0.794 bits per heavy atom. The highest BCUT2D eigenvalue weighted by molar-refractivity contribution is 5.89. The predicted molar refractivity (Wildman–Crippen MR) is 135 cm³/mol. The second kappa shape index (κ2) is 11.0. The van der Waals surface area contributed by atoms with Gasteiger partial charge in [0.2, 0.25) is 0 Å². The maximum Gasteiger partial charge on any atom is 0.336 e. The molecule has 4 aromatic carbocycles. The summed E-state index contributed by atoms with van der Waals surface area (Å²) in [7, 11) is 1.59. The highest BCUT2D eigenvalue weighted by atomic mass is 16.5. The molecule has 34 heavy (non-hydrogen) atoms. The fraction of sp³-hybridized carbons (Fsp3) is 0.100. The minimum absolute atomic E-state index is 0.446. The van der Waals surface area contributed by atoms with E-state index >= 15 is 0 Å². The van der Waals surface area contributed by atoms with Crippen LogP contribution in [-0.2, 0) is 11.4 Å². The molecule has 0 saturated heterocycles. The van der Waals surface area contributed by atoms with Crippen LogP contribution >= 0.6 is 0 Å². The smallest absolute Gasteiger partial charge is 0.336 e. The number of esters is 1. The molecular weight excluding hydrogens is 424 g/mol. The summed E-state index contributed by atoms with van der Waals surface area (Å²) in [6.45, 7) is 2.51. The Labute approximate surface area is 200 Å². The molecule has 0 aliphatic rings. The zero-order valence-corrected chi connectivity index (χ0v) is 19.2. The van der Waals surface area contributed by atoms with Crippen LogP contribution in [0.2, 0.25) is 0 Å². The fourth-order valence-electron chi connectivity index (χ4n) is 3.42. The quantitative estimate of drug-likeness (QED) is 0.167. The molecule has 0 unspecified atom stereocenters. The number of rotatable bonds is 8. The first-order chi connectivity index (χ1) is 16.6. The van der Waals surface area contributed by atoms with Crippen LogP contribution in [0.1, 0.15) is 16.7 Å². The second-order valence-electron chi connectivity index (χ2n) is 7.83. The standard InChI is InChI=1S/C30H26O4/c1-22-8-12-25(13-9-22)26-14-16-27(17-15-26)34-30(31)19-11-23-10-18-28(29(20-23)32-2)33-21-24-6-4-3-5-7-24/h3-20H,21H2,1-2H3/b19-11+. The molecule has 4 rings (SSSR count). The molecule has 170 valence electrons. The molecule has 0 aliphatic carbocycles. The van der Waals surface area contributed by atoms with Crippen molar-refractivity contribution in [2.45, 2.75) is 13.5 Å². The van der Waals surface area contributed by atoms with E-state index in [0.29, 0.717) is 23.9 Å². The summed E-state index contributed by atoms with van der Waals surface area (Å²) in [5.41, 5.74) is 5.28. The maximum atomic E-state index is 12.3. The fourth-order valence-corrected chi connectivity index (χ4v) is 3.42. The SMILES string of the molecule is COc1cc(/C=C/C(=O)Oc2ccc(-c3ccc(C)cc3)cc2)ccc1OCc1ccccc1. The van der Waals surface area contributed by atoms with E-state index < -0.39 is 5.97 Å². The van der Waals surface area contributed by atoms with Gasteiger partial charge in [-0.2, -0.15) is 0 Å². The maximum absolute atomic E-state index is 12.3. The average Bonchev–Trinajstić information content (AvgIpc) is 2.88. The topological polar surface area (TPSA) is 44.8 Å². The van der Waals surface area contributed by atoms with Crippen LogP contribution < -0.4 is 14.2 Å². The van der Waals surface area contributed by atoms with Crippen LogP contribution in [0, 0.1) is 6.92 Å². The highest BCUT2D eigenvalue weighted by Crippen LogP contribution is 2.29. The van der Waals surface area contributed by atoms with Crippen molar-refractivity contribution in [1.29, 1.82) is 0 Å². The average molecular weight is 451 g/mol. The van der Waals surface area contributed by atoms with Crippen molar-refractivity contribution in [2.75, 3.05) is 7.11 Å². The first-order valence-electron chi connectivity index (χ1n) is 11.0. The third kappa shape index (κ3) is 6.14. The third-order valence-corrected chi connectivity index (χ3v) is 5.29. The van der Waals surface area contributed by atoms with Gasteiger partial charge in [-0.3, -0.25) is 0 Å². The number of benzene rings is 4. The zero-order valence-electron chi connectivity index (χ0n) is 19.2. The monoisotopic (exact) mass is 450 g/mol. The van der Waals surface area contributed by atoms with Crippen molar-refractivity contribution < 1.29 is 19.0 Å². The van der Waals surface area contributed by atoms with Crippen LogP contribution in [0.3, 0.4) is 0 Å². The molecule has 4 aromatic rings. The van der Waals surface area contributed by atoms with Crippen molar-refractivity contribution in [3.05, 3.63) is 120 Å². The van der Waals surface area contributed by atoms with Gasteiger partial charge >= 0.3 is 5.97 Å². The van der Waals surface area contributed by atoms with E-state index in [-0.39, 0.29) is 0 Å². The largest absolute Gasteiger partial charge is 0.493 e. The summed E-state index contributed by atoms with van der Waals surface area (Å²) in [6, 6.07) is 31.2. The van der Waals surface area contributed by atoms with Crippen molar-refractivity contribution in [2.24, 2.45) is 0 Å². The van der Waals surface area contributed by atoms with Crippen LogP contribution in [0.25, 0.3) is 17.2 Å². The molecule has 0 bridgehead atoms. The molecule has 4 heteroatoms. The Hall–Kier alpha value is -4.31. The van der Waals surface area contributed by atoms with Gasteiger partial charge in [0.1, 0.15) is 12.4 Å². The summed E-state index contributed by atoms with van der Waals surface area (Å²) in [5, 5.41) is 0. The van der Waals surface area contributed by atoms with Crippen LogP contribution in [0.4, 0.5) is 0 Å². The van der Waals surface area contributed by atoms with E-state index in [4.69, 9.17) is 14.2 Å². The van der Waals surface area contributed by atoms with E-state index in [2.05, 4.69) is 31.2 Å². The van der Waals surface area contributed by atoms with Gasteiger partial charge in [0.05, 0.1) is 7.11 Å². The minimum atomic E-state index is -0.452. The van der Waals surface area contributed by atoms with E-state index in [9.17, 15) is 4.79 Å². The zero-order chi connectivity index (χ0) is 23.8. The molecule has 0 saturated carbocycles. The van der Waals surface area contributed by atoms with Gasteiger partial charge < -0.3 is 14.2 Å². The first kappa shape index (κ1) is 22.9. The number of methoxy groups -OCH3 is 1. The Balaban J connectivity index is 1.36. The lowest BCUT2D eigenvalue weighted by Crippen LogP contribution is -2.03. The summed E-state index contributed by atoms with van der Waals surface area (Å²) in [6.07, 6.45) is 3.08. The molecular formula is C30H26O4. The van der Waals surface area contributed by atoms with E-state index in [1.54, 1.807) is 25.3 Å². The third-order valence-electron chi connectivity index (χ3n) is 5.29. The minimum Gasteiger partial charge on any atom is -0.493 e. The number of ether oxygens (including phenoxy) is 3. The van der Waals surface area contributed by atoms with Crippen molar-refractivity contribution >= 4 is 12.0 Å². The Kier molecular flexibility index (Phi) is 7.41. The molecule has 0 aromatic heterocycles. The van der Waals surface area contributed by atoms with Gasteiger partial charge in [0.15, 0.2) is 11.5 Å². The second-order valence-corrected chi connectivity index (χ2v) is 7.83. The van der Waals surface area contributed by atoms with Crippen molar-refractivity contribution in [3.8, 4) is 28.4 Å². The normalized spacial score (nSPS) is 10.8. The first-order valence-corrected chi connectivity index (χ1v) is 11.0. The Morgan fingerprint density at radius 2 is 1.47 bits per heavy atom. The molecule has 0 fully saturated rings. The molecule has 0 N–H and O–H groups in total. The Morgan fingerprint density at radius 3 is 2.15 bits per heavy atom. The lowest BCUT2D eigenvalue weighted by Gasteiger charge is -2.11. The number of carbonyl (C=O) groups excluding carboxylic acids is 1. The number of carbonyl (C=O) groups is 1. The van der Waals surface area contributed by atoms with Crippen LogP contribution in [0.5, 0.6) is 17.2 Å². The van der Waals surface area contributed by atoms with Crippen molar-refractivity contribution in [3.63, 3.8) is 0 Å². The molecule has 0 heterocycles. The number of aryl methyl sites for hydroxylation is 1. The van der Waals surface area contributed by atoms with E-state index in [1.165, 1.54) is 11.6 Å². The molecule has 0 atom stereocenters. The number of hydrogen-bond donors (Lipinski definition) is 0.